The fourth-order valence-corrected chi connectivity index (χ4v) is 3.18. The summed E-state index contributed by atoms with van der Waals surface area (Å²) < 4.78 is 32.4. The fourth-order valence-electron chi connectivity index (χ4n) is 1.47. The van der Waals surface area contributed by atoms with Crippen LogP contribution in [-0.2, 0) is 10.0 Å². The molecule has 0 aliphatic rings. The molecule has 8 heteroatoms. The quantitative estimate of drug-likeness (QED) is 0.671. The highest BCUT2D eigenvalue weighted by molar-refractivity contribution is 9.10. The summed E-state index contributed by atoms with van der Waals surface area (Å²) in [5.74, 6) is 0.499. The van der Waals surface area contributed by atoms with Crippen LogP contribution in [0.1, 0.15) is 13.3 Å². The summed E-state index contributed by atoms with van der Waals surface area (Å²) in [6.07, 6.45) is 1.02. The van der Waals surface area contributed by atoms with Gasteiger partial charge in [-0.15, -0.1) is 12.4 Å². The Hall–Kier alpha value is -0.340. The van der Waals surface area contributed by atoms with Crippen molar-refractivity contribution in [3.8, 4) is 5.75 Å². The Balaban J connectivity index is 0.00000361. The van der Waals surface area contributed by atoms with Gasteiger partial charge < -0.3 is 10.1 Å². The molecule has 116 valence electrons. The van der Waals surface area contributed by atoms with Gasteiger partial charge in [-0.25, -0.2) is 13.1 Å². The Kier molecular flexibility index (Phi) is 9.41. The Morgan fingerprint density at radius 3 is 2.50 bits per heavy atom. The van der Waals surface area contributed by atoms with Gasteiger partial charge in [-0.1, -0.05) is 22.9 Å². The van der Waals surface area contributed by atoms with Gasteiger partial charge in [-0.2, -0.15) is 0 Å². The van der Waals surface area contributed by atoms with E-state index < -0.39 is 10.0 Å². The monoisotopic (exact) mass is 386 g/mol. The first-order chi connectivity index (χ1) is 8.99. The molecule has 0 saturated heterocycles. The summed E-state index contributed by atoms with van der Waals surface area (Å²) >= 11 is 3.26. The molecular weight excluding hydrogens is 368 g/mol. The molecule has 20 heavy (non-hydrogen) atoms. The van der Waals surface area contributed by atoms with Gasteiger partial charge in [0.2, 0.25) is 10.0 Å². The lowest BCUT2D eigenvalue weighted by Crippen LogP contribution is -2.32. The number of sulfonamides is 1. The second-order valence-corrected chi connectivity index (χ2v) is 6.66. The number of methoxy groups -OCH3 is 1. The molecule has 0 fully saturated rings. The molecule has 5 nitrogen and oxygen atoms in total. The first-order valence-electron chi connectivity index (χ1n) is 6.04. The lowest BCUT2D eigenvalue weighted by molar-refractivity contribution is 0.413. The summed E-state index contributed by atoms with van der Waals surface area (Å²) in [4.78, 5) is 0.189. The van der Waals surface area contributed by atoms with E-state index in [4.69, 9.17) is 4.74 Å². The molecule has 0 aliphatic heterocycles. The topological polar surface area (TPSA) is 67.4 Å². The summed E-state index contributed by atoms with van der Waals surface area (Å²) in [6.45, 7) is 3.91. The van der Waals surface area contributed by atoms with Gasteiger partial charge >= 0.3 is 0 Å². The molecule has 1 rings (SSSR count). The van der Waals surface area contributed by atoms with Gasteiger partial charge in [-0.3, -0.25) is 0 Å². The van der Waals surface area contributed by atoms with Crippen molar-refractivity contribution in [1.82, 2.24) is 10.0 Å². The first kappa shape index (κ1) is 19.7. The van der Waals surface area contributed by atoms with E-state index >= 15 is 0 Å². The van der Waals surface area contributed by atoms with Crippen molar-refractivity contribution in [2.24, 2.45) is 0 Å². The van der Waals surface area contributed by atoms with Crippen LogP contribution in [0, 0.1) is 0 Å². The van der Waals surface area contributed by atoms with Gasteiger partial charge in [0.05, 0.1) is 12.0 Å². The Morgan fingerprint density at radius 2 is 1.90 bits per heavy atom. The lowest BCUT2D eigenvalue weighted by Gasteiger charge is -2.09. The molecule has 0 heterocycles. The maximum Gasteiger partial charge on any atom is 0.240 e. The number of rotatable bonds is 8. The molecule has 0 unspecified atom stereocenters. The van der Waals surface area contributed by atoms with Crippen LogP contribution in [0.2, 0.25) is 0 Å². The number of hydrogen-bond donors (Lipinski definition) is 2. The molecule has 0 aliphatic carbocycles. The zero-order valence-corrected chi connectivity index (χ0v) is 14.7. The Labute approximate surface area is 135 Å². The second kappa shape index (κ2) is 9.57. The number of halogens is 2. The van der Waals surface area contributed by atoms with Gasteiger partial charge in [0, 0.05) is 23.6 Å². The highest BCUT2D eigenvalue weighted by Crippen LogP contribution is 2.23. The Bertz CT molecular complexity index is 511. The van der Waals surface area contributed by atoms with Crippen LogP contribution < -0.4 is 14.8 Å². The predicted octanol–water partition coefficient (Wildman–Crippen LogP) is 2.16. The number of benzene rings is 1. The number of hydrogen-bond acceptors (Lipinski definition) is 4. The smallest absolute Gasteiger partial charge is 0.240 e. The zero-order valence-electron chi connectivity index (χ0n) is 11.5. The molecule has 0 atom stereocenters. The minimum Gasteiger partial charge on any atom is -0.497 e. The minimum absolute atomic E-state index is 0. The second-order valence-electron chi connectivity index (χ2n) is 3.97. The molecule has 2 N–H and O–H groups in total. The number of nitrogens with one attached hydrogen (secondary N) is 2. The van der Waals surface area contributed by atoms with E-state index in [-0.39, 0.29) is 17.3 Å². The molecule has 1 aromatic rings. The fraction of sp³-hybridized carbons (Fsp3) is 0.500. The van der Waals surface area contributed by atoms with E-state index in [0.717, 1.165) is 13.0 Å². The molecule has 0 spiro atoms. The van der Waals surface area contributed by atoms with E-state index in [9.17, 15) is 8.42 Å². The van der Waals surface area contributed by atoms with Gasteiger partial charge in [-0.05, 0) is 25.1 Å². The maximum absolute atomic E-state index is 12.1. The number of ether oxygens (including phenoxy) is 1. The molecular formula is C12H20BrClN2O3S. The van der Waals surface area contributed by atoms with Gasteiger partial charge in [0.15, 0.2) is 0 Å². The molecule has 0 aromatic heterocycles. The van der Waals surface area contributed by atoms with E-state index in [1.165, 1.54) is 13.2 Å². The normalized spacial score (nSPS) is 10.9. The van der Waals surface area contributed by atoms with Crippen molar-refractivity contribution in [3.05, 3.63) is 22.7 Å². The van der Waals surface area contributed by atoms with E-state index in [0.29, 0.717) is 23.3 Å². The van der Waals surface area contributed by atoms with E-state index in [2.05, 4.69) is 32.9 Å². The minimum atomic E-state index is -3.50. The lowest BCUT2D eigenvalue weighted by atomic mass is 10.3. The van der Waals surface area contributed by atoms with Crippen LogP contribution >= 0.6 is 28.3 Å². The standard InChI is InChI=1S/C12H19BrN2O3S.ClH/c1-3-4-14-5-6-15-19(16,17)12-8-10(13)7-11(9-12)18-2;/h7-9,14-15H,3-6H2,1-2H3;1H. The van der Waals surface area contributed by atoms with Crippen LogP contribution in [0.4, 0.5) is 0 Å². The highest BCUT2D eigenvalue weighted by atomic mass is 79.9. The third-order valence-electron chi connectivity index (χ3n) is 2.41. The third-order valence-corrected chi connectivity index (χ3v) is 4.31. The van der Waals surface area contributed by atoms with Crippen LogP contribution in [0.3, 0.4) is 0 Å². The average molecular weight is 388 g/mol. The van der Waals surface area contributed by atoms with Crippen LogP contribution in [0.25, 0.3) is 0 Å². The van der Waals surface area contributed by atoms with Gasteiger partial charge in [0.1, 0.15) is 5.75 Å². The van der Waals surface area contributed by atoms with Crippen molar-refractivity contribution in [1.29, 1.82) is 0 Å². The van der Waals surface area contributed by atoms with Crippen molar-refractivity contribution in [3.63, 3.8) is 0 Å². The predicted molar refractivity (Wildman–Crippen MR) is 86.3 cm³/mol. The van der Waals surface area contributed by atoms with Crippen molar-refractivity contribution in [2.45, 2.75) is 18.2 Å². The largest absolute Gasteiger partial charge is 0.497 e. The van der Waals surface area contributed by atoms with Crippen LogP contribution in [0.15, 0.2) is 27.6 Å². The van der Waals surface area contributed by atoms with Crippen molar-refractivity contribution < 1.29 is 13.2 Å². The summed E-state index contributed by atoms with van der Waals surface area (Å²) in [5.41, 5.74) is 0. The van der Waals surface area contributed by atoms with Crippen LogP contribution in [0.5, 0.6) is 5.75 Å². The Morgan fingerprint density at radius 1 is 1.20 bits per heavy atom. The molecule has 0 bridgehead atoms. The summed E-state index contributed by atoms with van der Waals surface area (Å²) in [6, 6.07) is 4.75. The molecule has 0 saturated carbocycles. The molecule has 0 amide bonds. The first-order valence-corrected chi connectivity index (χ1v) is 8.32. The van der Waals surface area contributed by atoms with Crippen LogP contribution in [-0.4, -0.2) is 35.2 Å². The van der Waals surface area contributed by atoms with Crippen molar-refractivity contribution >= 4 is 38.4 Å². The summed E-state index contributed by atoms with van der Waals surface area (Å²) in [7, 11) is -2.00. The SMILES string of the molecule is CCCNCCNS(=O)(=O)c1cc(Br)cc(OC)c1.Cl. The van der Waals surface area contributed by atoms with E-state index in [1.807, 2.05) is 0 Å². The third kappa shape index (κ3) is 6.41. The van der Waals surface area contributed by atoms with E-state index in [1.54, 1.807) is 12.1 Å². The van der Waals surface area contributed by atoms with Crippen molar-refractivity contribution in [2.75, 3.05) is 26.7 Å². The maximum atomic E-state index is 12.1. The highest BCUT2D eigenvalue weighted by Gasteiger charge is 2.15. The average Bonchev–Trinajstić information content (AvgIpc) is 2.37. The molecule has 1 aromatic carbocycles. The summed E-state index contributed by atoms with van der Waals surface area (Å²) in [5, 5.41) is 3.13. The van der Waals surface area contributed by atoms with Gasteiger partial charge in [0.25, 0.3) is 0 Å². The molecule has 0 radical (unpaired) electrons. The zero-order chi connectivity index (χ0) is 14.3.